The van der Waals surface area contributed by atoms with E-state index in [0.29, 0.717) is 12.0 Å². The van der Waals surface area contributed by atoms with Gasteiger partial charge in [-0.15, -0.1) is 0 Å². The van der Waals surface area contributed by atoms with Gasteiger partial charge >= 0.3 is 5.97 Å². The first kappa shape index (κ1) is 15.1. The normalized spacial score (nSPS) is 40.1. The second-order valence-electron chi connectivity index (χ2n) is 6.66. The summed E-state index contributed by atoms with van der Waals surface area (Å²) in [5.74, 6) is -1.05. The van der Waals surface area contributed by atoms with Crippen LogP contribution in [0.2, 0.25) is 0 Å². The number of carbonyl (C=O) groups excluding carboxylic acids is 1. The van der Waals surface area contributed by atoms with E-state index in [1.165, 1.54) is 0 Å². The molecule has 6 heteroatoms. The molecule has 1 spiro atoms. The maximum Gasteiger partial charge on any atom is 0.338 e. The van der Waals surface area contributed by atoms with Crippen molar-refractivity contribution in [3.63, 3.8) is 0 Å². The summed E-state index contributed by atoms with van der Waals surface area (Å²) in [4.78, 5) is 12.2. The van der Waals surface area contributed by atoms with Crippen molar-refractivity contribution >= 4 is 5.97 Å². The molecule has 3 aliphatic rings. The molecule has 1 aromatic rings. The largest absolute Gasteiger partial charge is 0.455 e. The van der Waals surface area contributed by atoms with Gasteiger partial charge in [-0.1, -0.05) is 18.2 Å². The van der Waals surface area contributed by atoms with Crippen LogP contribution in [0.3, 0.4) is 0 Å². The Hall–Kier alpha value is -1.47. The molecule has 6 nitrogen and oxygen atoms in total. The van der Waals surface area contributed by atoms with E-state index in [0.717, 1.165) is 0 Å². The molecule has 1 saturated carbocycles. The van der Waals surface area contributed by atoms with Crippen molar-refractivity contribution in [2.75, 3.05) is 7.11 Å². The van der Waals surface area contributed by atoms with Crippen LogP contribution in [0.1, 0.15) is 30.6 Å². The lowest BCUT2D eigenvalue weighted by atomic mass is 10.1. The molecule has 0 bridgehead atoms. The topological polar surface area (TPSA) is 63.2 Å². The summed E-state index contributed by atoms with van der Waals surface area (Å²) in [6.45, 7) is 3.72. The maximum absolute atomic E-state index is 12.2. The summed E-state index contributed by atoms with van der Waals surface area (Å²) < 4.78 is 28.8. The Morgan fingerprint density at radius 3 is 2.61 bits per heavy atom. The minimum Gasteiger partial charge on any atom is -0.455 e. The van der Waals surface area contributed by atoms with Crippen LogP contribution in [0.4, 0.5) is 0 Å². The van der Waals surface area contributed by atoms with Gasteiger partial charge in [0.25, 0.3) is 0 Å². The SMILES string of the molecule is CO[C@@H]1O[C@]2(C[C@@H]2OC(=O)c2ccccc2)C2OC(C)(C)OC21. The molecular weight excluding hydrogens is 300 g/mol. The van der Waals surface area contributed by atoms with Crippen molar-refractivity contribution in [2.24, 2.45) is 0 Å². The van der Waals surface area contributed by atoms with Crippen LogP contribution in [0.25, 0.3) is 0 Å². The van der Waals surface area contributed by atoms with Gasteiger partial charge in [0.05, 0.1) is 5.56 Å². The van der Waals surface area contributed by atoms with E-state index in [-0.39, 0.29) is 24.3 Å². The predicted molar refractivity (Wildman–Crippen MR) is 78.7 cm³/mol. The summed E-state index contributed by atoms with van der Waals surface area (Å²) in [5, 5.41) is 0. The Kier molecular flexibility index (Phi) is 3.29. The van der Waals surface area contributed by atoms with Crippen molar-refractivity contribution in [3.8, 4) is 0 Å². The Balaban J connectivity index is 1.49. The molecule has 0 aromatic heterocycles. The summed E-state index contributed by atoms with van der Waals surface area (Å²) in [5.41, 5.74) is -0.139. The van der Waals surface area contributed by atoms with E-state index in [1.54, 1.807) is 31.4 Å². The van der Waals surface area contributed by atoms with Gasteiger partial charge in [0.15, 0.2) is 12.1 Å². The fraction of sp³-hybridized carbons (Fsp3) is 0.588. The van der Waals surface area contributed by atoms with E-state index in [1.807, 2.05) is 19.9 Å². The van der Waals surface area contributed by atoms with Crippen molar-refractivity contribution in [3.05, 3.63) is 35.9 Å². The van der Waals surface area contributed by atoms with Crippen LogP contribution in [0.15, 0.2) is 30.3 Å². The van der Waals surface area contributed by atoms with E-state index >= 15 is 0 Å². The zero-order chi connectivity index (χ0) is 16.2. The number of methoxy groups -OCH3 is 1. The highest BCUT2D eigenvalue weighted by Crippen LogP contribution is 2.57. The standard InChI is InChI=1S/C17H20O6/c1-16(2)21-12-13(22-16)17(23-15(12)19-3)9-11(17)20-14(18)10-7-5-4-6-8-10/h4-8,11-13,15H,9H2,1-3H3/t11-,12?,13?,15+,17-/m0/s1. The van der Waals surface area contributed by atoms with Crippen molar-refractivity contribution in [2.45, 2.75) is 56.3 Å². The van der Waals surface area contributed by atoms with Gasteiger partial charge in [-0.05, 0) is 26.0 Å². The molecule has 4 rings (SSSR count). The minimum absolute atomic E-state index is 0.295. The summed E-state index contributed by atoms with van der Waals surface area (Å²) in [6, 6.07) is 8.92. The number of esters is 1. The molecule has 2 unspecified atom stereocenters. The second-order valence-corrected chi connectivity index (χ2v) is 6.66. The Labute approximate surface area is 134 Å². The van der Waals surface area contributed by atoms with Crippen LogP contribution < -0.4 is 0 Å². The number of carbonyl (C=O) groups is 1. The molecular formula is C17H20O6. The molecule has 1 aliphatic carbocycles. The molecule has 5 atom stereocenters. The lowest BCUT2D eigenvalue weighted by Gasteiger charge is -2.23. The van der Waals surface area contributed by atoms with Gasteiger partial charge in [-0.2, -0.15) is 0 Å². The van der Waals surface area contributed by atoms with Crippen molar-refractivity contribution < 1.29 is 28.5 Å². The molecule has 124 valence electrons. The van der Waals surface area contributed by atoms with Gasteiger partial charge in [0.1, 0.15) is 23.9 Å². The van der Waals surface area contributed by atoms with Crippen LogP contribution in [-0.4, -0.2) is 49.1 Å². The quantitative estimate of drug-likeness (QED) is 0.793. The average molecular weight is 320 g/mol. The van der Waals surface area contributed by atoms with Gasteiger partial charge in [-0.25, -0.2) is 4.79 Å². The lowest BCUT2D eigenvalue weighted by Crippen LogP contribution is -2.35. The van der Waals surface area contributed by atoms with Crippen LogP contribution in [0.5, 0.6) is 0 Å². The molecule has 0 radical (unpaired) electrons. The number of rotatable bonds is 3. The highest BCUT2D eigenvalue weighted by atomic mass is 16.8. The van der Waals surface area contributed by atoms with Gasteiger partial charge in [-0.3, -0.25) is 0 Å². The number of benzene rings is 1. The van der Waals surface area contributed by atoms with Crippen molar-refractivity contribution in [1.29, 1.82) is 0 Å². The van der Waals surface area contributed by atoms with Crippen LogP contribution >= 0.6 is 0 Å². The van der Waals surface area contributed by atoms with Gasteiger partial charge in [0.2, 0.25) is 0 Å². The number of ether oxygens (including phenoxy) is 5. The highest BCUT2D eigenvalue weighted by Gasteiger charge is 2.75. The highest BCUT2D eigenvalue weighted by molar-refractivity contribution is 5.89. The zero-order valence-electron chi connectivity index (χ0n) is 13.4. The zero-order valence-corrected chi connectivity index (χ0v) is 13.4. The second kappa shape index (κ2) is 5.01. The molecule has 3 fully saturated rings. The number of hydrogen-bond acceptors (Lipinski definition) is 6. The molecule has 1 aromatic carbocycles. The maximum atomic E-state index is 12.2. The minimum atomic E-state index is -0.695. The molecule has 0 N–H and O–H groups in total. The lowest BCUT2D eigenvalue weighted by molar-refractivity contribution is -0.236. The smallest absolute Gasteiger partial charge is 0.338 e. The van der Waals surface area contributed by atoms with Crippen LogP contribution in [-0.2, 0) is 23.7 Å². The fourth-order valence-electron chi connectivity index (χ4n) is 3.47. The third kappa shape index (κ3) is 2.37. The van der Waals surface area contributed by atoms with E-state index in [2.05, 4.69) is 0 Å². The Morgan fingerprint density at radius 2 is 1.91 bits per heavy atom. The Bertz CT molecular complexity index is 615. The summed E-state index contributed by atoms with van der Waals surface area (Å²) >= 11 is 0. The molecule has 2 aliphatic heterocycles. The molecule has 2 heterocycles. The third-order valence-electron chi connectivity index (χ3n) is 4.59. The predicted octanol–water partition coefficient (Wildman–Crippen LogP) is 1.88. The summed E-state index contributed by atoms with van der Waals surface area (Å²) in [6.07, 6.45) is -0.875. The third-order valence-corrected chi connectivity index (χ3v) is 4.59. The van der Waals surface area contributed by atoms with E-state index < -0.39 is 17.7 Å². The van der Waals surface area contributed by atoms with E-state index in [4.69, 9.17) is 23.7 Å². The first-order valence-electron chi connectivity index (χ1n) is 7.77. The van der Waals surface area contributed by atoms with Gasteiger partial charge in [0, 0.05) is 13.5 Å². The first-order valence-corrected chi connectivity index (χ1v) is 7.77. The monoisotopic (exact) mass is 320 g/mol. The van der Waals surface area contributed by atoms with Crippen molar-refractivity contribution in [1.82, 2.24) is 0 Å². The van der Waals surface area contributed by atoms with Crippen LogP contribution in [0, 0.1) is 0 Å². The number of fused-ring (bicyclic) bond motifs is 2. The van der Waals surface area contributed by atoms with Gasteiger partial charge < -0.3 is 23.7 Å². The average Bonchev–Trinajstić information content (AvgIpc) is 3.00. The Morgan fingerprint density at radius 1 is 1.17 bits per heavy atom. The number of hydrogen-bond donors (Lipinski definition) is 0. The summed E-state index contributed by atoms with van der Waals surface area (Å²) in [7, 11) is 1.57. The first-order chi connectivity index (χ1) is 11.0. The molecule has 23 heavy (non-hydrogen) atoms. The molecule has 0 amide bonds. The van der Waals surface area contributed by atoms with E-state index in [9.17, 15) is 4.79 Å². The molecule has 2 saturated heterocycles. The fourth-order valence-corrected chi connectivity index (χ4v) is 3.47.